The van der Waals surface area contributed by atoms with Crippen molar-refractivity contribution < 1.29 is 17.9 Å². The van der Waals surface area contributed by atoms with Gasteiger partial charge in [0.25, 0.3) is 10.0 Å². The van der Waals surface area contributed by atoms with E-state index in [0.717, 1.165) is 6.42 Å². The number of carbonyl (C=O) groups excluding carboxylic acids is 1. The SMILES string of the molecule is COc1cccc(S(=O)(=O)NC(=O)[C@H]2C[C@@H]2C)c1. The third-order valence-corrected chi connectivity index (χ3v) is 4.38. The van der Waals surface area contributed by atoms with E-state index in [9.17, 15) is 13.2 Å². The zero-order valence-corrected chi connectivity index (χ0v) is 11.0. The van der Waals surface area contributed by atoms with Crippen molar-refractivity contribution >= 4 is 15.9 Å². The summed E-state index contributed by atoms with van der Waals surface area (Å²) in [6.07, 6.45) is 0.749. The van der Waals surface area contributed by atoms with Gasteiger partial charge in [0.15, 0.2) is 0 Å². The van der Waals surface area contributed by atoms with Crippen molar-refractivity contribution in [1.29, 1.82) is 0 Å². The monoisotopic (exact) mass is 269 g/mol. The second-order valence-electron chi connectivity index (χ2n) is 4.47. The summed E-state index contributed by atoms with van der Waals surface area (Å²) in [4.78, 5) is 11.7. The number of nitrogens with one attached hydrogen (secondary N) is 1. The Kier molecular flexibility index (Phi) is 3.30. The molecule has 2 atom stereocenters. The Labute approximate surface area is 106 Å². The summed E-state index contributed by atoms with van der Waals surface area (Å²) in [5.74, 6) is 0.103. The molecule has 1 amide bonds. The van der Waals surface area contributed by atoms with Gasteiger partial charge in [0, 0.05) is 12.0 Å². The fourth-order valence-electron chi connectivity index (χ4n) is 1.72. The first-order chi connectivity index (χ1) is 8.44. The summed E-state index contributed by atoms with van der Waals surface area (Å²) in [5, 5.41) is 0. The fourth-order valence-corrected chi connectivity index (χ4v) is 2.79. The fraction of sp³-hybridized carbons (Fsp3) is 0.417. The predicted octanol–water partition coefficient (Wildman–Crippen LogP) is 1.16. The maximum atomic E-state index is 12.0. The molecule has 98 valence electrons. The molecule has 0 bridgehead atoms. The summed E-state index contributed by atoms with van der Waals surface area (Å²) < 4.78 is 31.0. The van der Waals surface area contributed by atoms with Crippen LogP contribution < -0.4 is 9.46 Å². The molecule has 0 aliphatic heterocycles. The molecule has 1 aromatic rings. The summed E-state index contributed by atoms with van der Waals surface area (Å²) in [7, 11) is -2.35. The van der Waals surface area contributed by atoms with Crippen LogP contribution in [0.1, 0.15) is 13.3 Å². The number of sulfonamides is 1. The van der Waals surface area contributed by atoms with Gasteiger partial charge in [-0.2, -0.15) is 0 Å². The quantitative estimate of drug-likeness (QED) is 0.890. The first-order valence-electron chi connectivity index (χ1n) is 5.65. The van der Waals surface area contributed by atoms with E-state index in [1.807, 2.05) is 6.92 Å². The minimum absolute atomic E-state index is 0.0310. The molecule has 1 fully saturated rings. The zero-order chi connectivity index (χ0) is 13.3. The second-order valence-corrected chi connectivity index (χ2v) is 6.15. The first-order valence-corrected chi connectivity index (χ1v) is 7.13. The minimum Gasteiger partial charge on any atom is -0.497 e. The van der Waals surface area contributed by atoms with Crippen LogP contribution in [0.3, 0.4) is 0 Å². The molecule has 6 heteroatoms. The van der Waals surface area contributed by atoms with E-state index >= 15 is 0 Å². The molecule has 0 aromatic heterocycles. The van der Waals surface area contributed by atoms with E-state index in [0.29, 0.717) is 5.75 Å². The number of methoxy groups -OCH3 is 1. The van der Waals surface area contributed by atoms with Gasteiger partial charge in [-0.25, -0.2) is 13.1 Å². The molecule has 0 radical (unpaired) electrons. The Morgan fingerprint density at radius 3 is 2.67 bits per heavy atom. The highest BCUT2D eigenvalue weighted by Gasteiger charge is 2.40. The number of hydrogen-bond donors (Lipinski definition) is 1. The Hall–Kier alpha value is -1.56. The highest BCUT2D eigenvalue weighted by atomic mass is 32.2. The molecule has 0 unspecified atom stereocenters. The Morgan fingerprint density at radius 1 is 1.44 bits per heavy atom. The molecular weight excluding hydrogens is 254 g/mol. The van der Waals surface area contributed by atoms with Crippen molar-refractivity contribution in [1.82, 2.24) is 4.72 Å². The molecule has 18 heavy (non-hydrogen) atoms. The van der Waals surface area contributed by atoms with Gasteiger partial charge < -0.3 is 4.74 Å². The van der Waals surface area contributed by atoms with E-state index in [-0.39, 0.29) is 16.7 Å². The van der Waals surface area contributed by atoms with Crippen LogP contribution in [0.4, 0.5) is 0 Å². The van der Waals surface area contributed by atoms with E-state index in [2.05, 4.69) is 4.72 Å². The Morgan fingerprint density at radius 2 is 2.11 bits per heavy atom. The highest BCUT2D eigenvalue weighted by molar-refractivity contribution is 7.90. The lowest BCUT2D eigenvalue weighted by atomic mass is 10.3. The molecule has 0 saturated heterocycles. The number of benzene rings is 1. The maximum absolute atomic E-state index is 12.0. The molecule has 1 N–H and O–H groups in total. The first kappa shape index (κ1) is 12.9. The lowest BCUT2D eigenvalue weighted by molar-refractivity contribution is -0.120. The molecule has 2 rings (SSSR count). The van der Waals surface area contributed by atoms with Crippen molar-refractivity contribution in [3.05, 3.63) is 24.3 Å². The molecule has 1 aliphatic carbocycles. The summed E-state index contributed by atoms with van der Waals surface area (Å²) in [6.45, 7) is 1.92. The van der Waals surface area contributed by atoms with Crippen LogP contribution in [0.25, 0.3) is 0 Å². The number of hydrogen-bond acceptors (Lipinski definition) is 4. The van der Waals surface area contributed by atoms with Gasteiger partial charge in [-0.05, 0) is 24.5 Å². The molecule has 0 heterocycles. The number of amides is 1. The van der Waals surface area contributed by atoms with Crippen molar-refractivity contribution in [2.75, 3.05) is 7.11 Å². The Balaban J connectivity index is 2.17. The average molecular weight is 269 g/mol. The van der Waals surface area contributed by atoms with Gasteiger partial charge >= 0.3 is 0 Å². The van der Waals surface area contributed by atoms with Crippen molar-refractivity contribution in [2.24, 2.45) is 11.8 Å². The lowest BCUT2D eigenvalue weighted by Crippen LogP contribution is -2.32. The molecule has 0 spiro atoms. The number of carbonyl (C=O) groups is 1. The van der Waals surface area contributed by atoms with Gasteiger partial charge in [-0.15, -0.1) is 0 Å². The minimum atomic E-state index is -3.80. The van der Waals surface area contributed by atoms with Crippen molar-refractivity contribution in [2.45, 2.75) is 18.2 Å². The van der Waals surface area contributed by atoms with E-state index in [4.69, 9.17) is 4.74 Å². The number of ether oxygens (including phenoxy) is 1. The van der Waals surface area contributed by atoms with Gasteiger partial charge in [-0.3, -0.25) is 4.79 Å². The molecule has 1 aliphatic rings. The lowest BCUT2D eigenvalue weighted by Gasteiger charge is -2.07. The van der Waals surface area contributed by atoms with Crippen LogP contribution >= 0.6 is 0 Å². The topological polar surface area (TPSA) is 72.5 Å². The predicted molar refractivity (Wildman–Crippen MR) is 65.6 cm³/mol. The van der Waals surface area contributed by atoms with Crippen LogP contribution in [-0.4, -0.2) is 21.4 Å². The summed E-state index contributed by atoms with van der Waals surface area (Å²) >= 11 is 0. The standard InChI is InChI=1S/C12H15NO4S/c1-8-6-11(8)12(14)13-18(15,16)10-5-3-4-9(7-10)17-2/h3-5,7-8,11H,6H2,1-2H3,(H,13,14)/t8-,11-/m0/s1. The van der Waals surface area contributed by atoms with Crippen molar-refractivity contribution in [3.8, 4) is 5.75 Å². The maximum Gasteiger partial charge on any atom is 0.264 e. The van der Waals surface area contributed by atoms with Crippen LogP contribution in [0.2, 0.25) is 0 Å². The smallest absolute Gasteiger partial charge is 0.264 e. The highest BCUT2D eigenvalue weighted by Crippen LogP contribution is 2.37. The molecule has 5 nitrogen and oxygen atoms in total. The van der Waals surface area contributed by atoms with E-state index in [1.54, 1.807) is 12.1 Å². The normalized spacial score (nSPS) is 22.3. The summed E-state index contributed by atoms with van der Waals surface area (Å²) in [5.41, 5.74) is 0. The zero-order valence-electron chi connectivity index (χ0n) is 10.2. The largest absolute Gasteiger partial charge is 0.497 e. The van der Waals surface area contributed by atoms with Crippen molar-refractivity contribution in [3.63, 3.8) is 0 Å². The third-order valence-electron chi connectivity index (χ3n) is 3.03. The van der Waals surface area contributed by atoms with Gasteiger partial charge in [0.1, 0.15) is 5.75 Å². The van der Waals surface area contributed by atoms with Gasteiger partial charge in [-0.1, -0.05) is 13.0 Å². The number of rotatable bonds is 4. The second kappa shape index (κ2) is 4.61. The van der Waals surface area contributed by atoms with Crippen LogP contribution in [-0.2, 0) is 14.8 Å². The molecule has 1 aromatic carbocycles. The van der Waals surface area contributed by atoms with Gasteiger partial charge in [0.05, 0.1) is 12.0 Å². The summed E-state index contributed by atoms with van der Waals surface area (Å²) in [6, 6.07) is 6.02. The van der Waals surface area contributed by atoms with Gasteiger partial charge in [0.2, 0.25) is 5.91 Å². The van der Waals surface area contributed by atoms with Crippen LogP contribution in [0.5, 0.6) is 5.75 Å². The van der Waals surface area contributed by atoms with E-state index in [1.165, 1.54) is 19.2 Å². The molecule has 1 saturated carbocycles. The van der Waals surface area contributed by atoms with E-state index < -0.39 is 15.9 Å². The molecular formula is C12H15NO4S. The van der Waals surface area contributed by atoms with Crippen LogP contribution in [0, 0.1) is 11.8 Å². The average Bonchev–Trinajstić information content (AvgIpc) is 3.06. The van der Waals surface area contributed by atoms with Crippen LogP contribution in [0.15, 0.2) is 29.2 Å². The Bertz CT molecular complexity index is 567. The third kappa shape index (κ3) is 2.64.